The molecule has 86 valence electrons. The van der Waals surface area contributed by atoms with Crippen LogP contribution in [0.1, 0.15) is 49.3 Å². The topological polar surface area (TPSA) is 38.0 Å². The lowest BCUT2D eigenvalue weighted by Crippen LogP contribution is -2.29. The van der Waals surface area contributed by atoms with E-state index in [4.69, 9.17) is 5.73 Å². The largest absolute Gasteiger partial charge is 0.399 e. The van der Waals surface area contributed by atoms with Gasteiger partial charge in [0.05, 0.1) is 0 Å². The molecule has 16 heavy (non-hydrogen) atoms. The highest BCUT2D eigenvalue weighted by atomic mass is 15.0. The SMILES string of the molecule is Nc1ccc2c(c1)C(NC1CCCC1)CC2. The Bertz CT molecular complexity index is 380. The second-order valence-corrected chi connectivity index (χ2v) is 5.20. The standard InChI is InChI=1S/C14H20N2/c15-11-7-5-10-6-8-14(13(10)9-11)16-12-3-1-2-4-12/h5,7,9,12,14,16H,1-4,6,8,15H2. The molecule has 0 spiro atoms. The van der Waals surface area contributed by atoms with E-state index in [1.807, 2.05) is 6.07 Å². The van der Waals surface area contributed by atoms with Crippen molar-refractivity contribution in [2.45, 2.75) is 50.6 Å². The molecule has 0 aromatic heterocycles. The van der Waals surface area contributed by atoms with Crippen LogP contribution >= 0.6 is 0 Å². The van der Waals surface area contributed by atoms with Crippen LogP contribution in [0, 0.1) is 0 Å². The van der Waals surface area contributed by atoms with Crippen molar-refractivity contribution >= 4 is 5.69 Å². The van der Waals surface area contributed by atoms with Crippen LogP contribution in [0.15, 0.2) is 18.2 Å². The quantitative estimate of drug-likeness (QED) is 0.746. The van der Waals surface area contributed by atoms with Gasteiger partial charge in [0, 0.05) is 17.8 Å². The summed E-state index contributed by atoms with van der Waals surface area (Å²) in [5.74, 6) is 0. The Labute approximate surface area is 97.2 Å². The highest BCUT2D eigenvalue weighted by Gasteiger charge is 2.25. The third-order valence-electron chi connectivity index (χ3n) is 4.04. The van der Waals surface area contributed by atoms with Gasteiger partial charge in [-0.15, -0.1) is 0 Å². The molecule has 0 heterocycles. The molecule has 2 nitrogen and oxygen atoms in total. The predicted molar refractivity (Wildman–Crippen MR) is 67.3 cm³/mol. The van der Waals surface area contributed by atoms with Gasteiger partial charge in [-0.25, -0.2) is 0 Å². The number of anilines is 1. The second-order valence-electron chi connectivity index (χ2n) is 5.20. The van der Waals surface area contributed by atoms with E-state index in [1.54, 1.807) is 0 Å². The molecule has 2 aliphatic rings. The molecular weight excluding hydrogens is 196 g/mol. The Hall–Kier alpha value is -1.02. The smallest absolute Gasteiger partial charge is 0.0329 e. The Morgan fingerprint density at radius 2 is 1.94 bits per heavy atom. The fourth-order valence-corrected chi connectivity index (χ4v) is 3.17. The van der Waals surface area contributed by atoms with Crippen LogP contribution < -0.4 is 11.1 Å². The number of aryl methyl sites for hydroxylation is 1. The van der Waals surface area contributed by atoms with Gasteiger partial charge in [0.15, 0.2) is 0 Å². The molecule has 1 fully saturated rings. The molecule has 1 saturated carbocycles. The lowest BCUT2D eigenvalue weighted by molar-refractivity contribution is 0.438. The molecule has 2 aliphatic carbocycles. The zero-order chi connectivity index (χ0) is 11.0. The Morgan fingerprint density at radius 3 is 2.75 bits per heavy atom. The van der Waals surface area contributed by atoms with Crippen LogP contribution in [0.4, 0.5) is 5.69 Å². The van der Waals surface area contributed by atoms with Crippen LogP contribution in [0.2, 0.25) is 0 Å². The van der Waals surface area contributed by atoms with Gasteiger partial charge in [0.1, 0.15) is 0 Å². The average Bonchev–Trinajstić information content (AvgIpc) is 2.90. The van der Waals surface area contributed by atoms with E-state index in [0.29, 0.717) is 6.04 Å². The average molecular weight is 216 g/mol. The molecule has 1 aromatic carbocycles. The first-order valence-electron chi connectivity index (χ1n) is 6.47. The number of nitrogens with one attached hydrogen (secondary N) is 1. The van der Waals surface area contributed by atoms with E-state index in [9.17, 15) is 0 Å². The van der Waals surface area contributed by atoms with Crippen molar-refractivity contribution in [3.63, 3.8) is 0 Å². The number of fused-ring (bicyclic) bond motifs is 1. The van der Waals surface area contributed by atoms with E-state index < -0.39 is 0 Å². The van der Waals surface area contributed by atoms with Crippen molar-refractivity contribution in [3.8, 4) is 0 Å². The van der Waals surface area contributed by atoms with Crippen LogP contribution in [0.5, 0.6) is 0 Å². The van der Waals surface area contributed by atoms with Crippen LogP contribution in [0.25, 0.3) is 0 Å². The van der Waals surface area contributed by atoms with E-state index in [-0.39, 0.29) is 0 Å². The summed E-state index contributed by atoms with van der Waals surface area (Å²) in [5.41, 5.74) is 9.72. The summed E-state index contributed by atoms with van der Waals surface area (Å²) in [6, 6.07) is 7.69. The number of nitrogen functional groups attached to an aromatic ring is 1. The summed E-state index contributed by atoms with van der Waals surface area (Å²) in [5, 5.41) is 3.81. The molecule has 0 radical (unpaired) electrons. The van der Waals surface area contributed by atoms with Crippen LogP contribution in [0.3, 0.4) is 0 Å². The first kappa shape index (κ1) is 10.2. The molecule has 0 saturated heterocycles. The van der Waals surface area contributed by atoms with Gasteiger partial charge in [-0.2, -0.15) is 0 Å². The van der Waals surface area contributed by atoms with E-state index in [2.05, 4.69) is 17.4 Å². The number of rotatable bonds is 2. The highest BCUT2D eigenvalue weighted by Crippen LogP contribution is 2.34. The van der Waals surface area contributed by atoms with Crippen molar-refractivity contribution in [1.82, 2.24) is 5.32 Å². The molecule has 2 heteroatoms. The summed E-state index contributed by atoms with van der Waals surface area (Å²) in [6.07, 6.45) is 7.96. The minimum atomic E-state index is 0.557. The summed E-state index contributed by atoms with van der Waals surface area (Å²) >= 11 is 0. The van der Waals surface area contributed by atoms with Gasteiger partial charge in [0.25, 0.3) is 0 Å². The lowest BCUT2D eigenvalue weighted by atomic mass is 10.1. The minimum absolute atomic E-state index is 0.557. The minimum Gasteiger partial charge on any atom is -0.399 e. The van der Waals surface area contributed by atoms with Gasteiger partial charge in [-0.1, -0.05) is 18.9 Å². The number of nitrogens with two attached hydrogens (primary N) is 1. The fraction of sp³-hybridized carbons (Fsp3) is 0.571. The van der Waals surface area contributed by atoms with Gasteiger partial charge in [-0.3, -0.25) is 0 Å². The summed E-state index contributed by atoms with van der Waals surface area (Å²) in [4.78, 5) is 0. The zero-order valence-corrected chi connectivity index (χ0v) is 9.71. The first-order valence-corrected chi connectivity index (χ1v) is 6.47. The normalized spacial score (nSPS) is 24.9. The Kier molecular flexibility index (Phi) is 2.60. The van der Waals surface area contributed by atoms with Crippen molar-refractivity contribution in [2.75, 3.05) is 5.73 Å². The van der Waals surface area contributed by atoms with Crippen molar-refractivity contribution in [3.05, 3.63) is 29.3 Å². The van der Waals surface area contributed by atoms with Crippen LogP contribution in [-0.2, 0) is 6.42 Å². The van der Waals surface area contributed by atoms with Crippen molar-refractivity contribution in [2.24, 2.45) is 0 Å². The maximum atomic E-state index is 5.87. The molecule has 1 atom stereocenters. The summed E-state index contributed by atoms with van der Waals surface area (Å²) in [6.45, 7) is 0. The Balaban J connectivity index is 1.77. The monoisotopic (exact) mass is 216 g/mol. The summed E-state index contributed by atoms with van der Waals surface area (Å²) in [7, 11) is 0. The lowest BCUT2D eigenvalue weighted by Gasteiger charge is -2.19. The van der Waals surface area contributed by atoms with Crippen molar-refractivity contribution < 1.29 is 0 Å². The molecule has 3 N–H and O–H groups in total. The third-order valence-corrected chi connectivity index (χ3v) is 4.04. The highest BCUT2D eigenvalue weighted by molar-refractivity contribution is 5.48. The van der Waals surface area contributed by atoms with E-state index in [0.717, 1.165) is 11.7 Å². The number of hydrogen-bond donors (Lipinski definition) is 2. The summed E-state index contributed by atoms with van der Waals surface area (Å²) < 4.78 is 0. The van der Waals surface area contributed by atoms with Gasteiger partial charge in [0.2, 0.25) is 0 Å². The number of hydrogen-bond acceptors (Lipinski definition) is 2. The van der Waals surface area contributed by atoms with Gasteiger partial charge >= 0.3 is 0 Å². The van der Waals surface area contributed by atoms with E-state index in [1.165, 1.54) is 49.7 Å². The molecule has 3 rings (SSSR count). The Morgan fingerprint density at radius 1 is 1.12 bits per heavy atom. The van der Waals surface area contributed by atoms with Crippen LogP contribution in [-0.4, -0.2) is 6.04 Å². The van der Waals surface area contributed by atoms with Gasteiger partial charge in [-0.05, 0) is 48.9 Å². The number of benzene rings is 1. The second kappa shape index (κ2) is 4.10. The van der Waals surface area contributed by atoms with Crippen molar-refractivity contribution in [1.29, 1.82) is 0 Å². The predicted octanol–water partition coefficient (Wildman–Crippen LogP) is 2.79. The molecule has 1 aromatic rings. The first-order chi connectivity index (χ1) is 7.83. The fourth-order valence-electron chi connectivity index (χ4n) is 3.17. The van der Waals surface area contributed by atoms with E-state index >= 15 is 0 Å². The third kappa shape index (κ3) is 1.82. The molecule has 0 bridgehead atoms. The molecule has 0 amide bonds. The molecule has 1 unspecified atom stereocenters. The zero-order valence-electron chi connectivity index (χ0n) is 9.71. The van der Waals surface area contributed by atoms with Gasteiger partial charge < -0.3 is 11.1 Å². The maximum absolute atomic E-state index is 5.87. The maximum Gasteiger partial charge on any atom is 0.0329 e. The molecule has 0 aliphatic heterocycles. The molecular formula is C14H20N2.